The molecule has 0 unspecified atom stereocenters. The van der Waals surface area contributed by atoms with Crippen molar-refractivity contribution in [3.8, 4) is 17.2 Å². The molecule has 0 saturated heterocycles. The van der Waals surface area contributed by atoms with Crippen molar-refractivity contribution in [3.63, 3.8) is 0 Å². The normalized spacial score (nSPS) is 10.6. The zero-order chi connectivity index (χ0) is 18.9. The molecular weight excluding hydrogens is 525 g/mol. The molecular formula is C19H25BrIN3O3. The Labute approximate surface area is 185 Å². The fraction of sp³-hybridized carbons (Fsp3) is 0.316. The van der Waals surface area contributed by atoms with Crippen molar-refractivity contribution in [1.82, 2.24) is 10.6 Å². The van der Waals surface area contributed by atoms with E-state index in [0.29, 0.717) is 36.3 Å². The molecule has 0 fully saturated rings. The molecule has 0 atom stereocenters. The molecule has 0 aliphatic carbocycles. The first-order chi connectivity index (χ1) is 12.6. The third kappa shape index (κ3) is 6.76. The molecule has 0 amide bonds. The van der Waals surface area contributed by atoms with Gasteiger partial charge in [0.25, 0.3) is 0 Å². The van der Waals surface area contributed by atoms with Gasteiger partial charge in [-0.1, -0.05) is 28.1 Å². The van der Waals surface area contributed by atoms with Crippen molar-refractivity contribution in [2.24, 2.45) is 4.99 Å². The minimum absolute atomic E-state index is 0. The van der Waals surface area contributed by atoms with Crippen LogP contribution in [0.3, 0.4) is 0 Å². The Morgan fingerprint density at radius 3 is 1.85 bits per heavy atom. The van der Waals surface area contributed by atoms with Gasteiger partial charge in [0.15, 0.2) is 17.5 Å². The number of methoxy groups -OCH3 is 3. The number of nitrogens with one attached hydrogen (secondary N) is 2. The second-order valence-electron chi connectivity index (χ2n) is 5.44. The van der Waals surface area contributed by atoms with E-state index >= 15 is 0 Å². The number of halogens is 2. The van der Waals surface area contributed by atoms with E-state index in [-0.39, 0.29) is 24.0 Å². The quantitative estimate of drug-likeness (QED) is 0.311. The van der Waals surface area contributed by atoms with Crippen LogP contribution in [0.2, 0.25) is 0 Å². The van der Waals surface area contributed by atoms with Crippen LogP contribution in [0.1, 0.15) is 11.1 Å². The molecule has 6 nitrogen and oxygen atoms in total. The average Bonchev–Trinajstić information content (AvgIpc) is 2.68. The van der Waals surface area contributed by atoms with Gasteiger partial charge in [0.1, 0.15) is 0 Å². The van der Waals surface area contributed by atoms with Crippen LogP contribution < -0.4 is 24.8 Å². The molecule has 0 aromatic heterocycles. The summed E-state index contributed by atoms with van der Waals surface area (Å²) in [5, 5.41) is 6.58. The Balaban J connectivity index is 0.00000364. The number of aliphatic imine (C=N–C) groups is 1. The second-order valence-corrected chi connectivity index (χ2v) is 6.36. The summed E-state index contributed by atoms with van der Waals surface area (Å²) < 4.78 is 17.2. The summed E-state index contributed by atoms with van der Waals surface area (Å²) in [6.07, 6.45) is 0. The van der Waals surface area contributed by atoms with Crippen LogP contribution >= 0.6 is 39.9 Å². The zero-order valence-electron chi connectivity index (χ0n) is 15.8. The molecule has 0 radical (unpaired) electrons. The van der Waals surface area contributed by atoms with Crippen LogP contribution in [0.5, 0.6) is 17.2 Å². The number of hydrogen-bond acceptors (Lipinski definition) is 4. The number of nitrogens with zero attached hydrogens (tertiary/aromatic N) is 1. The summed E-state index contributed by atoms with van der Waals surface area (Å²) in [6.45, 7) is 1.25. The smallest absolute Gasteiger partial charge is 0.203 e. The van der Waals surface area contributed by atoms with Crippen molar-refractivity contribution in [2.75, 3.05) is 28.4 Å². The van der Waals surface area contributed by atoms with Gasteiger partial charge in [-0.25, -0.2) is 0 Å². The van der Waals surface area contributed by atoms with E-state index in [1.165, 1.54) is 5.56 Å². The first kappa shape index (κ1) is 23.4. The van der Waals surface area contributed by atoms with Gasteiger partial charge in [-0.3, -0.25) is 4.99 Å². The Morgan fingerprint density at radius 1 is 0.889 bits per heavy atom. The highest BCUT2D eigenvalue weighted by atomic mass is 127. The number of benzene rings is 2. The van der Waals surface area contributed by atoms with Gasteiger partial charge in [-0.05, 0) is 35.4 Å². The largest absolute Gasteiger partial charge is 0.493 e. The maximum atomic E-state index is 5.39. The molecule has 0 spiro atoms. The van der Waals surface area contributed by atoms with Crippen molar-refractivity contribution in [2.45, 2.75) is 13.1 Å². The molecule has 27 heavy (non-hydrogen) atoms. The molecule has 0 saturated carbocycles. The van der Waals surface area contributed by atoms with Crippen LogP contribution in [0.15, 0.2) is 45.9 Å². The molecule has 0 bridgehead atoms. The van der Waals surface area contributed by atoms with E-state index in [1.807, 2.05) is 24.3 Å². The van der Waals surface area contributed by atoms with E-state index in [1.54, 1.807) is 28.4 Å². The first-order valence-electron chi connectivity index (χ1n) is 8.09. The second kappa shape index (κ2) is 11.9. The van der Waals surface area contributed by atoms with E-state index in [4.69, 9.17) is 14.2 Å². The lowest BCUT2D eigenvalue weighted by Crippen LogP contribution is -2.36. The Morgan fingerprint density at radius 2 is 1.41 bits per heavy atom. The van der Waals surface area contributed by atoms with Crippen LogP contribution in [0.25, 0.3) is 0 Å². The van der Waals surface area contributed by atoms with Gasteiger partial charge in [-0.15, -0.1) is 24.0 Å². The molecule has 2 aromatic rings. The summed E-state index contributed by atoms with van der Waals surface area (Å²) in [4.78, 5) is 4.25. The predicted octanol–water partition coefficient (Wildman–Crippen LogP) is 3.96. The van der Waals surface area contributed by atoms with E-state index in [0.717, 1.165) is 10.0 Å². The third-order valence-corrected chi connectivity index (χ3v) is 4.31. The maximum absolute atomic E-state index is 5.39. The van der Waals surface area contributed by atoms with Crippen LogP contribution in [-0.2, 0) is 13.1 Å². The highest BCUT2D eigenvalue weighted by Crippen LogP contribution is 2.38. The Kier molecular flexibility index (Phi) is 10.3. The lowest BCUT2D eigenvalue weighted by molar-refractivity contribution is 0.323. The van der Waals surface area contributed by atoms with E-state index < -0.39 is 0 Å². The van der Waals surface area contributed by atoms with Gasteiger partial charge in [0.05, 0.1) is 21.3 Å². The fourth-order valence-electron chi connectivity index (χ4n) is 2.43. The summed E-state index contributed by atoms with van der Waals surface area (Å²) in [5.74, 6) is 2.54. The molecule has 2 rings (SSSR count). The third-order valence-electron chi connectivity index (χ3n) is 3.78. The van der Waals surface area contributed by atoms with E-state index in [2.05, 4.69) is 43.7 Å². The minimum atomic E-state index is 0. The lowest BCUT2D eigenvalue weighted by atomic mass is 10.2. The number of ether oxygens (including phenoxy) is 3. The van der Waals surface area contributed by atoms with Gasteiger partial charge < -0.3 is 24.8 Å². The van der Waals surface area contributed by atoms with Crippen molar-refractivity contribution < 1.29 is 14.2 Å². The van der Waals surface area contributed by atoms with Crippen LogP contribution in [-0.4, -0.2) is 34.3 Å². The first-order valence-corrected chi connectivity index (χ1v) is 8.88. The SMILES string of the molecule is CN=C(NCc1ccc(Br)cc1)NCc1cc(OC)c(OC)c(OC)c1.I. The standard InChI is InChI=1S/C19H24BrN3O3.HI/c1-21-19(22-11-13-5-7-15(20)8-6-13)23-12-14-9-16(24-2)18(26-4)17(10-14)25-3;/h5-10H,11-12H2,1-4H3,(H2,21,22,23);1H. The summed E-state index contributed by atoms with van der Waals surface area (Å²) in [5.41, 5.74) is 2.16. The van der Waals surface area contributed by atoms with Crippen LogP contribution in [0.4, 0.5) is 0 Å². The average molecular weight is 550 g/mol. The summed E-state index contributed by atoms with van der Waals surface area (Å²) >= 11 is 3.44. The molecule has 0 heterocycles. The maximum Gasteiger partial charge on any atom is 0.203 e. The minimum Gasteiger partial charge on any atom is -0.493 e. The lowest BCUT2D eigenvalue weighted by Gasteiger charge is -2.16. The van der Waals surface area contributed by atoms with Crippen LogP contribution in [0, 0.1) is 0 Å². The van der Waals surface area contributed by atoms with Crippen molar-refractivity contribution in [1.29, 1.82) is 0 Å². The molecule has 0 aliphatic heterocycles. The van der Waals surface area contributed by atoms with Gasteiger partial charge in [0.2, 0.25) is 5.75 Å². The van der Waals surface area contributed by atoms with Gasteiger partial charge in [0, 0.05) is 24.6 Å². The van der Waals surface area contributed by atoms with Crippen molar-refractivity contribution >= 4 is 45.9 Å². The predicted molar refractivity (Wildman–Crippen MR) is 123 cm³/mol. The monoisotopic (exact) mass is 549 g/mol. The Hall–Kier alpha value is -1.68. The Bertz CT molecular complexity index is 729. The molecule has 8 heteroatoms. The number of rotatable bonds is 7. The molecule has 148 valence electrons. The number of guanidine groups is 1. The molecule has 2 N–H and O–H groups in total. The molecule has 2 aromatic carbocycles. The zero-order valence-corrected chi connectivity index (χ0v) is 19.8. The van der Waals surface area contributed by atoms with Crippen molar-refractivity contribution in [3.05, 3.63) is 52.0 Å². The number of hydrogen-bond donors (Lipinski definition) is 2. The van der Waals surface area contributed by atoms with E-state index in [9.17, 15) is 0 Å². The van der Waals surface area contributed by atoms with Gasteiger partial charge in [-0.2, -0.15) is 0 Å². The molecule has 0 aliphatic rings. The topological polar surface area (TPSA) is 64.1 Å². The highest BCUT2D eigenvalue weighted by molar-refractivity contribution is 14.0. The van der Waals surface area contributed by atoms with Gasteiger partial charge >= 0.3 is 0 Å². The highest BCUT2D eigenvalue weighted by Gasteiger charge is 2.13. The summed E-state index contributed by atoms with van der Waals surface area (Å²) in [7, 11) is 6.54. The fourth-order valence-corrected chi connectivity index (χ4v) is 2.70. The summed E-state index contributed by atoms with van der Waals surface area (Å²) in [6, 6.07) is 12.0.